The Kier molecular flexibility index (Phi) is 5.43. The van der Waals surface area contributed by atoms with Gasteiger partial charge in [0, 0.05) is 0 Å². The molecule has 20 heavy (non-hydrogen) atoms. The van der Waals surface area contributed by atoms with E-state index in [-0.39, 0.29) is 0 Å². The number of aryl methyl sites for hydroxylation is 1. The van der Waals surface area contributed by atoms with Gasteiger partial charge in [0.05, 0.1) is 6.61 Å². The highest BCUT2D eigenvalue weighted by Crippen LogP contribution is 2.15. The number of benzene rings is 2. The van der Waals surface area contributed by atoms with E-state index in [9.17, 15) is 0 Å². The van der Waals surface area contributed by atoms with Gasteiger partial charge in [0.15, 0.2) is 0 Å². The highest BCUT2D eigenvalue weighted by Gasteiger charge is 1.93. The topological polar surface area (TPSA) is 9.23 Å². The van der Waals surface area contributed by atoms with Gasteiger partial charge in [-0.1, -0.05) is 67.5 Å². The van der Waals surface area contributed by atoms with Crippen molar-refractivity contribution in [1.29, 1.82) is 0 Å². The molecule has 0 unspecified atom stereocenters. The third-order valence-electron chi connectivity index (χ3n) is 3.19. The maximum atomic E-state index is 5.65. The number of hydrogen-bond donors (Lipinski definition) is 0. The van der Waals surface area contributed by atoms with Crippen LogP contribution in [0, 0.1) is 6.92 Å². The Hall–Kier alpha value is -2.02. The zero-order valence-corrected chi connectivity index (χ0v) is 12.3. The summed E-state index contributed by atoms with van der Waals surface area (Å²) < 4.78 is 5.65. The highest BCUT2D eigenvalue weighted by molar-refractivity contribution is 5.69. The van der Waals surface area contributed by atoms with Gasteiger partial charge in [-0.25, -0.2) is 0 Å². The van der Waals surface area contributed by atoms with Crippen LogP contribution in [-0.4, -0.2) is 6.61 Å². The summed E-state index contributed by atoms with van der Waals surface area (Å²) in [6, 6.07) is 16.8. The van der Waals surface area contributed by atoms with Gasteiger partial charge in [0.25, 0.3) is 0 Å². The van der Waals surface area contributed by atoms with E-state index >= 15 is 0 Å². The van der Waals surface area contributed by atoms with E-state index in [0.29, 0.717) is 0 Å². The van der Waals surface area contributed by atoms with Crippen LogP contribution in [0.4, 0.5) is 0 Å². The highest BCUT2D eigenvalue weighted by atomic mass is 16.5. The normalized spacial score (nSPS) is 10.9. The van der Waals surface area contributed by atoms with Gasteiger partial charge in [0.1, 0.15) is 5.75 Å². The van der Waals surface area contributed by atoms with Crippen molar-refractivity contribution in [2.75, 3.05) is 6.61 Å². The predicted molar refractivity (Wildman–Crippen MR) is 87.0 cm³/mol. The number of hydrogen-bond acceptors (Lipinski definition) is 1. The summed E-state index contributed by atoms with van der Waals surface area (Å²) in [6.45, 7) is 5.07. The van der Waals surface area contributed by atoms with Crippen molar-refractivity contribution >= 4 is 12.2 Å². The van der Waals surface area contributed by atoms with E-state index in [4.69, 9.17) is 4.74 Å². The average molecular weight is 266 g/mol. The molecule has 0 saturated heterocycles. The summed E-state index contributed by atoms with van der Waals surface area (Å²) in [5.41, 5.74) is 3.70. The van der Waals surface area contributed by atoms with Crippen LogP contribution in [0.15, 0.2) is 48.5 Å². The molecule has 0 N–H and O–H groups in total. The van der Waals surface area contributed by atoms with E-state index < -0.39 is 0 Å². The second-order valence-electron chi connectivity index (χ2n) is 5.02. The molecule has 0 spiro atoms. The first-order valence-corrected chi connectivity index (χ1v) is 7.25. The molecule has 1 heteroatoms. The van der Waals surface area contributed by atoms with Gasteiger partial charge in [0.2, 0.25) is 0 Å². The quantitative estimate of drug-likeness (QED) is 0.506. The van der Waals surface area contributed by atoms with Gasteiger partial charge < -0.3 is 4.74 Å². The number of rotatable bonds is 6. The maximum Gasteiger partial charge on any atom is 0.119 e. The zero-order valence-electron chi connectivity index (χ0n) is 12.3. The molecule has 0 bridgehead atoms. The Morgan fingerprint density at radius 1 is 0.850 bits per heavy atom. The van der Waals surface area contributed by atoms with Crippen LogP contribution in [0.3, 0.4) is 0 Å². The van der Waals surface area contributed by atoms with Crippen molar-refractivity contribution in [3.8, 4) is 5.75 Å². The van der Waals surface area contributed by atoms with Crippen LogP contribution >= 0.6 is 0 Å². The molecule has 0 aliphatic rings. The lowest BCUT2D eigenvalue weighted by atomic mass is 10.1. The molecule has 0 fully saturated rings. The average Bonchev–Trinajstić information content (AvgIpc) is 2.48. The summed E-state index contributed by atoms with van der Waals surface area (Å²) in [5, 5.41) is 0. The summed E-state index contributed by atoms with van der Waals surface area (Å²) in [4.78, 5) is 0. The molecule has 1 nitrogen and oxygen atoms in total. The smallest absolute Gasteiger partial charge is 0.119 e. The molecule has 104 valence electrons. The predicted octanol–water partition coefficient (Wildman–Crippen LogP) is 5.34. The Morgan fingerprint density at radius 3 is 1.95 bits per heavy atom. The third-order valence-corrected chi connectivity index (χ3v) is 3.19. The van der Waals surface area contributed by atoms with E-state index in [1.807, 2.05) is 12.1 Å². The van der Waals surface area contributed by atoms with E-state index in [0.717, 1.165) is 25.2 Å². The number of ether oxygens (including phenoxy) is 1. The largest absolute Gasteiger partial charge is 0.494 e. The molecule has 2 aromatic rings. The summed E-state index contributed by atoms with van der Waals surface area (Å²) in [7, 11) is 0. The fraction of sp³-hybridized carbons (Fsp3) is 0.263. The Bertz CT molecular complexity index is 535. The van der Waals surface area contributed by atoms with E-state index in [1.165, 1.54) is 16.7 Å². The van der Waals surface area contributed by atoms with Crippen molar-refractivity contribution in [2.24, 2.45) is 0 Å². The Morgan fingerprint density at radius 2 is 1.40 bits per heavy atom. The van der Waals surface area contributed by atoms with Gasteiger partial charge in [-0.05, 0) is 36.6 Å². The van der Waals surface area contributed by atoms with Crippen molar-refractivity contribution in [2.45, 2.75) is 26.7 Å². The molecular formula is C19H22O. The van der Waals surface area contributed by atoms with Crippen LogP contribution in [0.1, 0.15) is 36.5 Å². The lowest BCUT2D eigenvalue weighted by molar-refractivity contribution is 0.309. The van der Waals surface area contributed by atoms with Crippen molar-refractivity contribution in [3.05, 3.63) is 65.2 Å². The van der Waals surface area contributed by atoms with Crippen molar-refractivity contribution in [3.63, 3.8) is 0 Å². The first-order chi connectivity index (χ1) is 9.78. The van der Waals surface area contributed by atoms with Gasteiger partial charge >= 0.3 is 0 Å². The molecule has 0 amide bonds. The SMILES string of the molecule is CCCCOc1ccc(/C=C/c2ccc(C)cc2)cc1. The third kappa shape index (κ3) is 4.58. The van der Waals surface area contributed by atoms with E-state index in [1.54, 1.807) is 0 Å². The molecule has 2 aromatic carbocycles. The van der Waals surface area contributed by atoms with Crippen LogP contribution in [0.5, 0.6) is 5.75 Å². The summed E-state index contributed by atoms with van der Waals surface area (Å²) in [5.74, 6) is 0.950. The molecule has 0 heterocycles. The minimum Gasteiger partial charge on any atom is -0.494 e. The minimum atomic E-state index is 0.801. The Balaban J connectivity index is 1.94. The Labute approximate surface area is 121 Å². The number of unbranched alkanes of at least 4 members (excludes halogenated alkanes) is 1. The van der Waals surface area contributed by atoms with Crippen LogP contribution in [-0.2, 0) is 0 Å². The molecule has 2 rings (SSSR count). The molecule has 0 aromatic heterocycles. The van der Waals surface area contributed by atoms with Gasteiger partial charge in [-0.15, -0.1) is 0 Å². The molecule has 0 atom stereocenters. The standard InChI is InChI=1S/C19H22O/c1-3-4-15-20-19-13-11-18(12-14-19)10-9-17-7-5-16(2)6-8-17/h5-14H,3-4,15H2,1-2H3/b10-9+. The first-order valence-electron chi connectivity index (χ1n) is 7.25. The second-order valence-corrected chi connectivity index (χ2v) is 5.02. The summed E-state index contributed by atoms with van der Waals surface area (Å²) >= 11 is 0. The lowest BCUT2D eigenvalue weighted by Crippen LogP contribution is -1.95. The van der Waals surface area contributed by atoms with Crippen molar-refractivity contribution < 1.29 is 4.74 Å². The molecule has 0 aliphatic carbocycles. The van der Waals surface area contributed by atoms with Gasteiger partial charge in [-0.3, -0.25) is 0 Å². The monoisotopic (exact) mass is 266 g/mol. The molecule has 0 radical (unpaired) electrons. The molecule has 0 saturated carbocycles. The van der Waals surface area contributed by atoms with Crippen molar-refractivity contribution in [1.82, 2.24) is 0 Å². The molecular weight excluding hydrogens is 244 g/mol. The zero-order chi connectivity index (χ0) is 14.2. The fourth-order valence-corrected chi connectivity index (χ4v) is 1.88. The lowest BCUT2D eigenvalue weighted by Gasteiger charge is -2.05. The van der Waals surface area contributed by atoms with Crippen LogP contribution in [0.25, 0.3) is 12.2 Å². The maximum absolute atomic E-state index is 5.65. The minimum absolute atomic E-state index is 0.801. The van der Waals surface area contributed by atoms with Gasteiger partial charge in [-0.2, -0.15) is 0 Å². The van der Waals surface area contributed by atoms with Crippen LogP contribution < -0.4 is 4.74 Å². The fourth-order valence-electron chi connectivity index (χ4n) is 1.88. The molecule has 0 aliphatic heterocycles. The van der Waals surface area contributed by atoms with Crippen LogP contribution in [0.2, 0.25) is 0 Å². The first kappa shape index (κ1) is 14.4. The van der Waals surface area contributed by atoms with E-state index in [2.05, 4.69) is 62.4 Å². The second kappa shape index (κ2) is 7.54. The summed E-state index contributed by atoms with van der Waals surface area (Å²) in [6.07, 6.45) is 6.53.